The van der Waals surface area contributed by atoms with Crippen molar-refractivity contribution in [2.24, 2.45) is 11.7 Å². The highest BCUT2D eigenvalue weighted by Crippen LogP contribution is 2.32. The zero-order valence-corrected chi connectivity index (χ0v) is 23.5. The third-order valence-electron chi connectivity index (χ3n) is 7.21. The van der Waals surface area contributed by atoms with Gasteiger partial charge in [-0.1, -0.05) is 61.9 Å². The number of primary amides is 1. The number of nitrogens with two attached hydrogens (primary N) is 1. The summed E-state index contributed by atoms with van der Waals surface area (Å²) in [6, 6.07) is 19.3. The molecule has 2 N–H and O–H groups in total. The van der Waals surface area contributed by atoms with Crippen LogP contribution >= 0.6 is 23.1 Å². The maximum Gasteiger partial charge on any atom is 0.266 e. The van der Waals surface area contributed by atoms with E-state index in [1.54, 1.807) is 22.0 Å². The van der Waals surface area contributed by atoms with Crippen molar-refractivity contribution in [3.05, 3.63) is 76.4 Å². The number of likely N-dealkylation sites (tertiary alicyclic amines) is 1. The molecule has 0 radical (unpaired) electrons. The van der Waals surface area contributed by atoms with Crippen LogP contribution in [0.1, 0.15) is 39.0 Å². The molecule has 0 saturated carbocycles. The van der Waals surface area contributed by atoms with Crippen LogP contribution in [0.2, 0.25) is 0 Å². The molecule has 0 bridgehead atoms. The van der Waals surface area contributed by atoms with Crippen molar-refractivity contribution in [1.82, 2.24) is 14.5 Å². The zero-order valence-electron chi connectivity index (χ0n) is 21.9. The Labute approximate surface area is 236 Å². The van der Waals surface area contributed by atoms with Crippen LogP contribution in [0, 0.1) is 5.92 Å². The fourth-order valence-corrected chi connectivity index (χ4v) is 6.96. The summed E-state index contributed by atoms with van der Waals surface area (Å²) < 4.78 is 1.65. The number of carbonyl (C=O) groups is 2. The van der Waals surface area contributed by atoms with E-state index in [4.69, 9.17) is 10.7 Å². The lowest BCUT2D eigenvalue weighted by Crippen LogP contribution is -2.45. The van der Waals surface area contributed by atoms with Crippen LogP contribution in [-0.2, 0) is 9.59 Å². The van der Waals surface area contributed by atoms with Crippen LogP contribution in [0.3, 0.4) is 0 Å². The molecule has 202 valence electrons. The molecule has 1 saturated heterocycles. The summed E-state index contributed by atoms with van der Waals surface area (Å²) in [5.41, 5.74) is 7.70. The molecule has 1 fully saturated rings. The minimum absolute atomic E-state index is 0.0256. The fourth-order valence-electron chi connectivity index (χ4n) is 5.00. The van der Waals surface area contributed by atoms with Crippen molar-refractivity contribution in [1.29, 1.82) is 0 Å². The summed E-state index contributed by atoms with van der Waals surface area (Å²) in [5, 5.41) is 2.68. The molecule has 2 amide bonds. The van der Waals surface area contributed by atoms with E-state index in [1.165, 1.54) is 11.8 Å². The maximum atomic E-state index is 13.9. The van der Waals surface area contributed by atoms with E-state index < -0.39 is 5.25 Å². The van der Waals surface area contributed by atoms with Gasteiger partial charge in [0.25, 0.3) is 5.56 Å². The first kappa shape index (κ1) is 27.1. The zero-order chi connectivity index (χ0) is 27.4. The van der Waals surface area contributed by atoms with Crippen molar-refractivity contribution >= 4 is 45.8 Å². The normalized spacial score (nSPS) is 14.9. The molecule has 7 nitrogen and oxygen atoms in total. The number of piperidine rings is 1. The predicted octanol–water partition coefficient (Wildman–Crippen LogP) is 5.49. The molecule has 2 aromatic heterocycles. The van der Waals surface area contributed by atoms with Gasteiger partial charge in [0.05, 0.1) is 21.8 Å². The van der Waals surface area contributed by atoms with Gasteiger partial charge in [-0.2, -0.15) is 0 Å². The third kappa shape index (κ3) is 5.94. The lowest BCUT2D eigenvalue weighted by molar-refractivity contribution is -0.134. The van der Waals surface area contributed by atoms with E-state index in [-0.39, 0.29) is 23.3 Å². The highest BCUT2D eigenvalue weighted by Gasteiger charge is 2.31. The number of hydrogen-bond acceptors (Lipinski definition) is 6. The molecule has 3 heterocycles. The topological polar surface area (TPSA) is 98.3 Å². The minimum atomic E-state index is -0.394. The molecule has 5 rings (SSSR count). The van der Waals surface area contributed by atoms with E-state index in [2.05, 4.69) is 13.0 Å². The second-order valence-corrected chi connectivity index (χ2v) is 11.9. The molecular formula is C30H32N4O3S2. The summed E-state index contributed by atoms with van der Waals surface area (Å²) in [6.45, 7) is 3.12. The largest absolute Gasteiger partial charge is 0.369 e. The van der Waals surface area contributed by atoms with Crippen molar-refractivity contribution in [3.63, 3.8) is 0 Å². The quantitative estimate of drug-likeness (QED) is 0.216. The van der Waals surface area contributed by atoms with E-state index in [0.717, 1.165) is 29.0 Å². The third-order valence-corrected chi connectivity index (χ3v) is 9.33. The molecule has 1 atom stereocenters. The van der Waals surface area contributed by atoms with E-state index in [0.29, 0.717) is 48.4 Å². The van der Waals surface area contributed by atoms with Gasteiger partial charge in [-0.05, 0) is 60.5 Å². The Morgan fingerprint density at radius 3 is 2.62 bits per heavy atom. The number of fused-ring (bicyclic) bond motifs is 1. The number of thiophene rings is 1. The summed E-state index contributed by atoms with van der Waals surface area (Å²) in [7, 11) is 0. The number of rotatable bonds is 9. The van der Waals surface area contributed by atoms with Gasteiger partial charge in [0.1, 0.15) is 0 Å². The highest BCUT2D eigenvalue weighted by molar-refractivity contribution is 8.00. The summed E-state index contributed by atoms with van der Waals surface area (Å²) in [6.07, 6.45) is 3.68. The number of thioether (sulfide) groups is 1. The first-order valence-corrected chi connectivity index (χ1v) is 15.1. The highest BCUT2D eigenvalue weighted by atomic mass is 32.2. The van der Waals surface area contributed by atoms with E-state index in [9.17, 15) is 14.4 Å². The Morgan fingerprint density at radius 1 is 1.10 bits per heavy atom. The number of aromatic nitrogens is 2. The molecule has 1 unspecified atom stereocenters. The molecule has 39 heavy (non-hydrogen) atoms. The van der Waals surface area contributed by atoms with Crippen LogP contribution in [0.15, 0.2) is 76.0 Å². The second kappa shape index (κ2) is 12.2. The van der Waals surface area contributed by atoms with Gasteiger partial charge in [-0.25, -0.2) is 4.98 Å². The van der Waals surface area contributed by atoms with Crippen LogP contribution in [0.4, 0.5) is 0 Å². The number of nitrogens with zero attached hydrogens (tertiary/aromatic N) is 3. The second-order valence-electron chi connectivity index (χ2n) is 9.83. The van der Waals surface area contributed by atoms with Crippen LogP contribution in [0.5, 0.6) is 0 Å². The first-order chi connectivity index (χ1) is 19.0. The lowest BCUT2D eigenvalue weighted by Gasteiger charge is -2.33. The summed E-state index contributed by atoms with van der Waals surface area (Å²) in [5.74, 6) is -0.454. The number of unbranched alkanes of at least 4 members (excludes halogenated alkanes) is 1. The Bertz CT molecular complexity index is 1530. The molecule has 2 aromatic carbocycles. The average molecular weight is 561 g/mol. The van der Waals surface area contributed by atoms with Gasteiger partial charge in [-0.3, -0.25) is 19.0 Å². The fraction of sp³-hybridized carbons (Fsp3) is 0.333. The van der Waals surface area contributed by atoms with Gasteiger partial charge >= 0.3 is 0 Å². The van der Waals surface area contributed by atoms with Gasteiger partial charge in [0, 0.05) is 23.9 Å². The molecule has 1 aliphatic heterocycles. The average Bonchev–Trinajstić information content (AvgIpc) is 3.50. The molecule has 0 spiro atoms. The Hall–Kier alpha value is -3.43. The van der Waals surface area contributed by atoms with E-state index >= 15 is 0 Å². The van der Waals surface area contributed by atoms with Crippen LogP contribution in [-0.4, -0.2) is 44.6 Å². The number of para-hydroxylation sites is 1. The van der Waals surface area contributed by atoms with Gasteiger partial charge in [0.2, 0.25) is 11.8 Å². The van der Waals surface area contributed by atoms with Gasteiger partial charge in [-0.15, -0.1) is 11.3 Å². The standard InChI is InChI=1S/C30H32N4O3S2/c1-2-3-12-26(29(37)33-16-14-20(15-17-33)27(31)35)39-30-32-24-11-5-4-10-23(24)28(36)34(30)22-9-6-8-21(19-22)25-13-7-18-38-25/h4-11,13,18-20,26H,2-3,12,14-17H2,1H3,(H2,31,35). The Morgan fingerprint density at radius 2 is 1.90 bits per heavy atom. The number of benzene rings is 2. The SMILES string of the molecule is CCCCC(Sc1nc2ccccc2c(=O)n1-c1cccc(-c2cccs2)c1)C(=O)N1CCC(C(N)=O)CC1. The smallest absolute Gasteiger partial charge is 0.266 e. The first-order valence-electron chi connectivity index (χ1n) is 13.4. The van der Waals surface area contributed by atoms with Crippen molar-refractivity contribution < 1.29 is 9.59 Å². The minimum Gasteiger partial charge on any atom is -0.369 e. The molecule has 0 aliphatic carbocycles. The Kier molecular flexibility index (Phi) is 8.47. The van der Waals surface area contributed by atoms with Crippen molar-refractivity contribution in [2.45, 2.75) is 49.4 Å². The van der Waals surface area contributed by atoms with E-state index in [1.807, 2.05) is 58.8 Å². The number of hydrogen-bond donors (Lipinski definition) is 1. The molecular weight excluding hydrogens is 528 g/mol. The van der Waals surface area contributed by atoms with Crippen molar-refractivity contribution in [2.75, 3.05) is 13.1 Å². The molecule has 9 heteroatoms. The number of carbonyl (C=O) groups excluding carboxylic acids is 2. The predicted molar refractivity (Wildman–Crippen MR) is 158 cm³/mol. The maximum absolute atomic E-state index is 13.9. The van der Waals surface area contributed by atoms with Gasteiger partial charge in [0.15, 0.2) is 5.16 Å². The molecule has 4 aromatic rings. The summed E-state index contributed by atoms with van der Waals surface area (Å²) in [4.78, 5) is 47.2. The van der Waals surface area contributed by atoms with Crippen molar-refractivity contribution in [3.8, 4) is 16.1 Å². The molecule has 1 aliphatic rings. The Balaban J connectivity index is 1.54. The lowest BCUT2D eigenvalue weighted by atomic mass is 9.96. The van der Waals surface area contributed by atoms with Crippen LogP contribution < -0.4 is 11.3 Å². The monoisotopic (exact) mass is 560 g/mol. The number of amides is 2. The van der Waals surface area contributed by atoms with Crippen LogP contribution in [0.25, 0.3) is 27.0 Å². The van der Waals surface area contributed by atoms with Gasteiger partial charge < -0.3 is 10.6 Å². The summed E-state index contributed by atoms with van der Waals surface area (Å²) >= 11 is 3.01.